The summed E-state index contributed by atoms with van der Waals surface area (Å²) in [5.41, 5.74) is 1.72. The van der Waals surface area contributed by atoms with Gasteiger partial charge in [0.25, 0.3) is 11.7 Å². The van der Waals surface area contributed by atoms with Gasteiger partial charge in [0.1, 0.15) is 24.0 Å². The molecule has 4 rings (SSSR count). The third kappa shape index (κ3) is 10.8. The number of aliphatic hydroxyl groups is 2. The number of hydrogen-bond acceptors (Lipinski definition) is 11. The van der Waals surface area contributed by atoms with Gasteiger partial charge in [-0.2, -0.15) is 0 Å². The van der Waals surface area contributed by atoms with E-state index in [9.17, 15) is 29.4 Å². The van der Waals surface area contributed by atoms with E-state index in [4.69, 9.17) is 23.7 Å². The zero-order valence-corrected chi connectivity index (χ0v) is 34.5. The molecule has 0 unspecified atom stereocenters. The minimum Gasteiger partial charge on any atom is -0.456 e. The molecule has 0 spiro atoms. The number of carbonyl (C=O) groups is 4. The molecular weight excluding hydrogens is 706 g/mol. The number of ketones is 2. The van der Waals surface area contributed by atoms with Crippen LogP contribution >= 0.6 is 0 Å². The molecule has 2 fully saturated rings. The highest BCUT2D eigenvalue weighted by Crippen LogP contribution is 2.39. The van der Waals surface area contributed by atoms with E-state index in [1.165, 1.54) is 19.1 Å². The minimum absolute atomic E-state index is 0.0472. The molecule has 2 bridgehead atoms. The monoisotopic (exact) mass is 773 g/mol. The molecule has 0 aromatic heterocycles. The van der Waals surface area contributed by atoms with E-state index in [2.05, 4.69) is 13.0 Å². The first-order valence-electron chi connectivity index (χ1n) is 20.4. The van der Waals surface area contributed by atoms with Crippen molar-refractivity contribution in [2.24, 2.45) is 29.6 Å². The molecule has 55 heavy (non-hydrogen) atoms. The number of methoxy groups -OCH3 is 3. The second-order valence-electron chi connectivity index (χ2n) is 16.7. The van der Waals surface area contributed by atoms with Gasteiger partial charge in [-0.15, -0.1) is 0 Å². The molecule has 3 aliphatic heterocycles. The Morgan fingerprint density at radius 2 is 1.69 bits per heavy atom. The second kappa shape index (κ2) is 20.1. The van der Waals surface area contributed by atoms with Crippen molar-refractivity contribution in [2.45, 2.75) is 154 Å². The van der Waals surface area contributed by atoms with E-state index < -0.39 is 77.8 Å². The standard InChI is InChI=1S/C43H67NO11/c1-10-31-19-25(2)18-26(3)20-36(52-8)39-37(53-9)22-28(5)43(50,55-39)40(47)41(48)44-17-12-11-16-33(44)42(49)54-38(29(6)34(45)24-35(31)46)27(4)21-30-14-13-15-32(23-30)51-7/h13,15,19,21,26,28-34,36-39,45,50H,10-12,14,16-18,20,22-24H2,1-9H3/b25-19?,27-21+/t26-,28+,29+,30-,31+,32-,33-,34-,36-,37-,38+,39+,43+/m0/s1. The molecule has 0 saturated carbocycles. The van der Waals surface area contributed by atoms with E-state index in [1.807, 2.05) is 39.0 Å². The van der Waals surface area contributed by atoms with Crippen LogP contribution < -0.4 is 0 Å². The number of Topliss-reactive ketones (excluding diaryl/α,β-unsaturated/α-hetero) is 2. The summed E-state index contributed by atoms with van der Waals surface area (Å²) in [5.74, 6) is -7.23. The molecular formula is C43H67NO11. The third-order valence-electron chi connectivity index (χ3n) is 12.4. The number of allylic oxidation sites excluding steroid dienone is 4. The topological polar surface area (TPSA) is 158 Å². The molecule has 12 nitrogen and oxygen atoms in total. The average Bonchev–Trinajstić information content (AvgIpc) is 3.17. The molecule has 13 atom stereocenters. The summed E-state index contributed by atoms with van der Waals surface area (Å²) in [5, 5.41) is 23.6. The van der Waals surface area contributed by atoms with Crippen LogP contribution in [0.5, 0.6) is 0 Å². The number of ether oxygens (including phenoxy) is 5. The smallest absolute Gasteiger partial charge is 0.329 e. The van der Waals surface area contributed by atoms with Crippen molar-refractivity contribution in [2.75, 3.05) is 27.9 Å². The fourth-order valence-corrected chi connectivity index (χ4v) is 9.03. The van der Waals surface area contributed by atoms with Crippen LogP contribution in [0.2, 0.25) is 0 Å². The first kappa shape index (κ1) is 45.0. The molecule has 1 aliphatic carbocycles. The highest BCUT2D eigenvalue weighted by Gasteiger charge is 2.56. The van der Waals surface area contributed by atoms with Crippen LogP contribution in [0.3, 0.4) is 0 Å². The Labute approximate surface area is 328 Å². The maximum absolute atomic E-state index is 14.3. The molecule has 0 radical (unpaired) electrons. The lowest BCUT2D eigenvalue weighted by Gasteiger charge is -2.47. The Morgan fingerprint density at radius 3 is 2.35 bits per heavy atom. The number of nitrogens with zero attached hydrogens (tertiary/aromatic N) is 1. The van der Waals surface area contributed by atoms with E-state index in [1.54, 1.807) is 21.0 Å². The lowest BCUT2D eigenvalue weighted by Crippen LogP contribution is -2.64. The zero-order valence-electron chi connectivity index (χ0n) is 34.5. The minimum atomic E-state index is -2.49. The zero-order chi connectivity index (χ0) is 40.6. The summed E-state index contributed by atoms with van der Waals surface area (Å²) in [6, 6.07) is -1.11. The van der Waals surface area contributed by atoms with E-state index >= 15 is 0 Å². The van der Waals surface area contributed by atoms with Crippen LogP contribution in [0.25, 0.3) is 0 Å². The van der Waals surface area contributed by atoms with Gasteiger partial charge in [-0.1, -0.05) is 57.6 Å². The number of fused-ring (bicyclic) bond motifs is 3. The molecule has 12 heteroatoms. The van der Waals surface area contributed by atoms with Crippen molar-refractivity contribution in [1.29, 1.82) is 0 Å². The van der Waals surface area contributed by atoms with Gasteiger partial charge < -0.3 is 38.8 Å². The van der Waals surface area contributed by atoms with Crippen LogP contribution in [-0.2, 0) is 42.9 Å². The summed E-state index contributed by atoms with van der Waals surface area (Å²) in [4.78, 5) is 57.6. The second-order valence-corrected chi connectivity index (χ2v) is 16.7. The number of carbonyl (C=O) groups excluding carboxylic acids is 4. The molecule has 0 aromatic rings. The van der Waals surface area contributed by atoms with Gasteiger partial charge in [0.05, 0.1) is 24.4 Å². The maximum atomic E-state index is 14.3. The molecule has 0 aromatic carbocycles. The van der Waals surface area contributed by atoms with Gasteiger partial charge in [0, 0.05) is 52.0 Å². The first-order valence-corrected chi connectivity index (χ1v) is 20.4. The number of amides is 1. The molecule has 1 amide bonds. The van der Waals surface area contributed by atoms with Crippen LogP contribution in [-0.4, -0.2) is 115 Å². The summed E-state index contributed by atoms with van der Waals surface area (Å²) in [6.45, 7) is 11.4. The van der Waals surface area contributed by atoms with Gasteiger partial charge in [-0.25, -0.2) is 4.79 Å². The summed E-state index contributed by atoms with van der Waals surface area (Å²) >= 11 is 0. The number of esters is 1. The largest absolute Gasteiger partial charge is 0.456 e. The molecule has 2 saturated heterocycles. The van der Waals surface area contributed by atoms with Gasteiger partial charge >= 0.3 is 5.97 Å². The molecule has 4 aliphatic rings. The van der Waals surface area contributed by atoms with Crippen molar-refractivity contribution in [3.05, 3.63) is 35.5 Å². The summed E-state index contributed by atoms with van der Waals surface area (Å²) in [7, 11) is 4.74. The van der Waals surface area contributed by atoms with Crippen molar-refractivity contribution < 1.29 is 53.1 Å². The Hall–Kier alpha value is -2.74. The normalized spacial score (nSPS) is 39.5. The highest BCUT2D eigenvalue weighted by molar-refractivity contribution is 6.39. The average molecular weight is 774 g/mol. The fraction of sp³-hybridized carbons (Fsp3) is 0.767. The van der Waals surface area contributed by atoms with Crippen molar-refractivity contribution in [3.63, 3.8) is 0 Å². The number of piperidine rings is 1. The number of aliphatic hydroxyl groups excluding tert-OH is 1. The predicted octanol–water partition coefficient (Wildman–Crippen LogP) is 5.28. The number of rotatable bonds is 6. The number of hydrogen-bond donors (Lipinski definition) is 2. The Morgan fingerprint density at radius 1 is 1.00 bits per heavy atom. The maximum Gasteiger partial charge on any atom is 0.329 e. The van der Waals surface area contributed by atoms with Crippen LogP contribution in [0, 0.1) is 29.6 Å². The Bertz CT molecular complexity index is 1440. The first-order chi connectivity index (χ1) is 26.1. The predicted molar refractivity (Wildman–Crippen MR) is 207 cm³/mol. The lowest BCUT2D eigenvalue weighted by molar-refractivity contribution is -0.302. The van der Waals surface area contributed by atoms with Gasteiger partial charge in [-0.3, -0.25) is 14.4 Å². The molecule has 310 valence electrons. The number of cyclic esters (lactones) is 1. The third-order valence-corrected chi connectivity index (χ3v) is 12.4. The van der Waals surface area contributed by atoms with Gasteiger partial charge in [-0.05, 0) is 89.0 Å². The van der Waals surface area contributed by atoms with Crippen LogP contribution in [0.15, 0.2) is 35.5 Å². The molecule has 2 N–H and O–H groups in total. The molecule has 3 heterocycles. The summed E-state index contributed by atoms with van der Waals surface area (Å²) < 4.78 is 29.8. The van der Waals surface area contributed by atoms with Crippen LogP contribution in [0.1, 0.15) is 106 Å². The van der Waals surface area contributed by atoms with Gasteiger partial charge in [0.15, 0.2) is 0 Å². The van der Waals surface area contributed by atoms with E-state index in [0.717, 1.165) is 18.4 Å². The Kier molecular flexibility index (Phi) is 16.4. The van der Waals surface area contributed by atoms with Crippen molar-refractivity contribution >= 4 is 23.4 Å². The van der Waals surface area contributed by atoms with Gasteiger partial charge in [0.2, 0.25) is 5.79 Å². The van der Waals surface area contributed by atoms with Crippen molar-refractivity contribution in [1.82, 2.24) is 4.90 Å². The SMILES string of the molecule is CC[C@@H]1C=C(C)C[C@H](C)C[C@H](OC)[C@H]2O[C@@](O)(C(=O)C(=O)N3CCCC[C@H]3C(=O)O[C@H](/C(C)=C/[C@@H]3CC=C[C@H](OC)C3)[C@H](C)[C@@H](O)CC1=O)[C@H](C)C[C@@H]2OC. The highest BCUT2D eigenvalue weighted by atomic mass is 16.7. The van der Waals surface area contributed by atoms with E-state index in [-0.39, 0.29) is 49.5 Å². The van der Waals surface area contributed by atoms with Crippen LogP contribution in [0.4, 0.5) is 0 Å². The Balaban J connectivity index is 1.77. The fourth-order valence-electron chi connectivity index (χ4n) is 9.03. The van der Waals surface area contributed by atoms with Crippen molar-refractivity contribution in [3.8, 4) is 0 Å². The van der Waals surface area contributed by atoms with E-state index in [0.29, 0.717) is 37.7 Å². The summed E-state index contributed by atoms with van der Waals surface area (Å²) in [6.07, 6.45) is 8.71. The quantitative estimate of drug-likeness (QED) is 0.206. The lowest BCUT2D eigenvalue weighted by atomic mass is 9.82.